The van der Waals surface area contributed by atoms with E-state index in [1.165, 1.54) is 25.2 Å². The van der Waals surface area contributed by atoms with Gasteiger partial charge < -0.3 is 10.2 Å². The maximum Gasteiger partial charge on any atom is 0.0571 e. The van der Waals surface area contributed by atoms with Gasteiger partial charge in [-0.05, 0) is 44.4 Å². The second kappa shape index (κ2) is 5.70. The van der Waals surface area contributed by atoms with Gasteiger partial charge in [-0.15, -0.1) is 0 Å². The molecule has 3 nitrogen and oxygen atoms in total. The van der Waals surface area contributed by atoms with Crippen molar-refractivity contribution in [2.24, 2.45) is 11.8 Å². The molecule has 1 fully saturated rings. The van der Waals surface area contributed by atoms with Crippen molar-refractivity contribution in [1.82, 2.24) is 10.3 Å². The lowest BCUT2D eigenvalue weighted by Gasteiger charge is -2.20. The largest absolute Gasteiger partial charge is 0.370 e. The van der Waals surface area contributed by atoms with Gasteiger partial charge in [0.1, 0.15) is 0 Å². The lowest BCUT2D eigenvalue weighted by atomic mass is 9.95. The molecule has 0 bridgehead atoms. The van der Waals surface area contributed by atoms with Gasteiger partial charge in [0.05, 0.1) is 17.6 Å². The molecule has 0 saturated carbocycles. The summed E-state index contributed by atoms with van der Waals surface area (Å²) in [7, 11) is 1.97. The van der Waals surface area contributed by atoms with E-state index < -0.39 is 0 Å². The predicted octanol–water partition coefficient (Wildman–Crippen LogP) is 2.84. The SMILES string of the molecule is CNC(C)c1ccc(N2CCC(C(C)C)C2)cn1. The molecule has 100 valence electrons. The van der Waals surface area contributed by atoms with E-state index in [0.29, 0.717) is 6.04 Å². The molecule has 1 aliphatic rings. The van der Waals surface area contributed by atoms with E-state index in [2.05, 4.69) is 48.1 Å². The molecule has 2 unspecified atom stereocenters. The Morgan fingerprint density at radius 2 is 2.11 bits per heavy atom. The van der Waals surface area contributed by atoms with E-state index in [1.807, 2.05) is 13.2 Å². The zero-order valence-electron chi connectivity index (χ0n) is 12.0. The van der Waals surface area contributed by atoms with Crippen molar-refractivity contribution in [3.05, 3.63) is 24.0 Å². The number of rotatable bonds is 4. The molecule has 2 heterocycles. The van der Waals surface area contributed by atoms with Crippen LogP contribution >= 0.6 is 0 Å². The molecule has 1 N–H and O–H groups in total. The first-order valence-electron chi connectivity index (χ1n) is 7.00. The van der Waals surface area contributed by atoms with Crippen molar-refractivity contribution in [3.8, 4) is 0 Å². The van der Waals surface area contributed by atoms with Crippen LogP contribution in [0.15, 0.2) is 18.3 Å². The predicted molar refractivity (Wildman–Crippen MR) is 76.9 cm³/mol. The normalized spacial score (nSPS) is 21.6. The molecule has 18 heavy (non-hydrogen) atoms. The fourth-order valence-electron chi connectivity index (χ4n) is 2.55. The van der Waals surface area contributed by atoms with E-state index in [1.54, 1.807) is 0 Å². The summed E-state index contributed by atoms with van der Waals surface area (Å²) in [6.07, 6.45) is 3.33. The third-order valence-electron chi connectivity index (χ3n) is 4.18. The van der Waals surface area contributed by atoms with Gasteiger partial charge in [-0.1, -0.05) is 13.8 Å². The van der Waals surface area contributed by atoms with Crippen LogP contribution in [0.1, 0.15) is 38.9 Å². The lowest BCUT2D eigenvalue weighted by molar-refractivity contribution is 0.423. The quantitative estimate of drug-likeness (QED) is 0.887. The van der Waals surface area contributed by atoms with Crippen molar-refractivity contribution in [1.29, 1.82) is 0 Å². The van der Waals surface area contributed by atoms with E-state index in [0.717, 1.165) is 17.5 Å². The van der Waals surface area contributed by atoms with Crippen LogP contribution in [-0.4, -0.2) is 25.1 Å². The molecule has 2 atom stereocenters. The van der Waals surface area contributed by atoms with Gasteiger partial charge in [0, 0.05) is 19.1 Å². The minimum Gasteiger partial charge on any atom is -0.370 e. The van der Waals surface area contributed by atoms with Gasteiger partial charge in [0.25, 0.3) is 0 Å². The molecule has 0 radical (unpaired) electrons. The van der Waals surface area contributed by atoms with Gasteiger partial charge >= 0.3 is 0 Å². The molecule has 0 amide bonds. The summed E-state index contributed by atoms with van der Waals surface area (Å²) in [6, 6.07) is 4.67. The lowest BCUT2D eigenvalue weighted by Crippen LogP contribution is -2.21. The van der Waals surface area contributed by atoms with Crippen molar-refractivity contribution in [2.75, 3.05) is 25.0 Å². The number of hydrogen-bond acceptors (Lipinski definition) is 3. The summed E-state index contributed by atoms with van der Waals surface area (Å²) < 4.78 is 0. The average molecular weight is 247 g/mol. The maximum atomic E-state index is 4.56. The van der Waals surface area contributed by atoms with Crippen LogP contribution in [0, 0.1) is 11.8 Å². The van der Waals surface area contributed by atoms with Crippen LogP contribution in [0.25, 0.3) is 0 Å². The minimum absolute atomic E-state index is 0.320. The maximum absolute atomic E-state index is 4.56. The van der Waals surface area contributed by atoms with E-state index in [4.69, 9.17) is 0 Å². The summed E-state index contributed by atoms with van der Waals surface area (Å²) in [5, 5.41) is 3.22. The first-order valence-corrected chi connectivity index (χ1v) is 7.00. The Balaban J connectivity index is 2.02. The molecule has 1 aromatic rings. The number of anilines is 1. The Bertz CT molecular complexity index is 372. The topological polar surface area (TPSA) is 28.2 Å². The van der Waals surface area contributed by atoms with Gasteiger partial charge in [-0.25, -0.2) is 0 Å². The van der Waals surface area contributed by atoms with Crippen LogP contribution < -0.4 is 10.2 Å². The Morgan fingerprint density at radius 3 is 2.61 bits per heavy atom. The van der Waals surface area contributed by atoms with Crippen LogP contribution in [0.5, 0.6) is 0 Å². The molecular weight excluding hydrogens is 222 g/mol. The molecule has 3 heteroatoms. The van der Waals surface area contributed by atoms with Crippen LogP contribution in [-0.2, 0) is 0 Å². The highest BCUT2D eigenvalue weighted by atomic mass is 15.2. The third-order valence-corrected chi connectivity index (χ3v) is 4.18. The number of nitrogens with one attached hydrogen (secondary N) is 1. The summed E-state index contributed by atoms with van der Waals surface area (Å²) in [4.78, 5) is 7.02. The van der Waals surface area contributed by atoms with Crippen molar-refractivity contribution in [3.63, 3.8) is 0 Å². The molecule has 0 aromatic carbocycles. The molecular formula is C15H25N3. The molecule has 0 aliphatic carbocycles. The van der Waals surface area contributed by atoms with Crippen LogP contribution in [0.4, 0.5) is 5.69 Å². The summed E-state index contributed by atoms with van der Waals surface area (Å²) in [6.45, 7) is 9.13. The fraction of sp³-hybridized carbons (Fsp3) is 0.667. The van der Waals surface area contributed by atoms with E-state index in [9.17, 15) is 0 Å². The average Bonchev–Trinajstić information content (AvgIpc) is 2.88. The highest BCUT2D eigenvalue weighted by Gasteiger charge is 2.25. The highest BCUT2D eigenvalue weighted by Crippen LogP contribution is 2.28. The Hall–Kier alpha value is -1.09. The molecule has 1 aromatic heterocycles. The first kappa shape index (κ1) is 13.3. The second-order valence-corrected chi connectivity index (χ2v) is 5.69. The van der Waals surface area contributed by atoms with Gasteiger partial charge in [0.15, 0.2) is 0 Å². The summed E-state index contributed by atoms with van der Waals surface area (Å²) in [5.41, 5.74) is 2.38. The first-order chi connectivity index (χ1) is 8.61. The minimum atomic E-state index is 0.320. The van der Waals surface area contributed by atoms with E-state index in [-0.39, 0.29) is 0 Å². The molecule has 0 spiro atoms. The van der Waals surface area contributed by atoms with Crippen molar-refractivity contribution < 1.29 is 0 Å². The van der Waals surface area contributed by atoms with Gasteiger partial charge in [-0.3, -0.25) is 4.98 Å². The molecule has 1 aliphatic heterocycles. The van der Waals surface area contributed by atoms with Crippen LogP contribution in [0.3, 0.4) is 0 Å². The molecule has 2 rings (SSSR count). The van der Waals surface area contributed by atoms with Crippen molar-refractivity contribution >= 4 is 5.69 Å². The Labute approximate surface area is 111 Å². The number of aromatic nitrogens is 1. The molecule has 1 saturated heterocycles. The van der Waals surface area contributed by atoms with Gasteiger partial charge in [0.2, 0.25) is 0 Å². The number of pyridine rings is 1. The zero-order chi connectivity index (χ0) is 13.1. The highest BCUT2D eigenvalue weighted by molar-refractivity contribution is 5.45. The van der Waals surface area contributed by atoms with Crippen molar-refractivity contribution in [2.45, 2.75) is 33.2 Å². The third kappa shape index (κ3) is 2.83. The summed E-state index contributed by atoms with van der Waals surface area (Å²) >= 11 is 0. The summed E-state index contributed by atoms with van der Waals surface area (Å²) in [5.74, 6) is 1.62. The fourth-order valence-corrected chi connectivity index (χ4v) is 2.55. The Kier molecular flexibility index (Phi) is 4.23. The standard InChI is InChI=1S/C15H25N3/c1-11(2)13-7-8-18(10-13)14-5-6-15(17-9-14)12(3)16-4/h5-6,9,11-13,16H,7-8,10H2,1-4H3. The number of nitrogens with zero attached hydrogens (tertiary/aromatic N) is 2. The number of hydrogen-bond donors (Lipinski definition) is 1. The van der Waals surface area contributed by atoms with Gasteiger partial charge in [-0.2, -0.15) is 0 Å². The zero-order valence-corrected chi connectivity index (χ0v) is 12.0. The van der Waals surface area contributed by atoms with E-state index >= 15 is 0 Å². The van der Waals surface area contributed by atoms with Crippen LogP contribution in [0.2, 0.25) is 0 Å². The smallest absolute Gasteiger partial charge is 0.0571 e. The monoisotopic (exact) mass is 247 g/mol. The second-order valence-electron chi connectivity index (χ2n) is 5.69. The Morgan fingerprint density at radius 1 is 1.33 bits per heavy atom.